The summed E-state index contributed by atoms with van der Waals surface area (Å²) in [5, 5.41) is 2.49. The van der Waals surface area contributed by atoms with E-state index in [1.165, 1.54) is 31.3 Å². The number of hydrogen-bond donors (Lipinski definition) is 2. The molecule has 1 aromatic carbocycles. The summed E-state index contributed by atoms with van der Waals surface area (Å²) in [4.78, 5) is 13.7. The third-order valence-corrected chi connectivity index (χ3v) is 5.23. The van der Waals surface area contributed by atoms with Crippen LogP contribution in [0.15, 0.2) is 29.2 Å². The number of carbonyl (C=O) groups is 1. The van der Waals surface area contributed by atoms with E-state index in [0.717, 1.165) is 6.42 Å². The van der Waals surface area contributed by atoms with E-state index in [-0.39, 0.29) is 10.8 Å². The van der Waals surface area contributed by atoms with Crippen LogP contribution >= 0.6 is 0 Å². The topological polar surface area (TPSA) is 78.5 Å². The van der Waals surface area contributed by atoms with E-state index in [2.05, 4.69) is 28.8 Å². The summed E-state index contributed by atoms with van der Waals surface area (Å²) in [5.41, 5.74) is 0.429. The second-order valence-electron chi connectivity index (χ2n) is 5.24. The van der Waals surface area contributed by atoms with Gasteiger partial charge in [-0.05, 0) is 44.7 Å². The SMILES string of the molecule is CC[C@H](C)N(C)CCNS(=O)(=O)c1ccc(C(=O)NC)cc1. The number of carbonyl (C=O) groups excluding carboxylic acids is 1. The van der Waals surface area contributed by atoms with E-state index in [1.54, 1.807) is 0 Å². The van der Waals surface area contributed by atoms with Crippen molar-refractivity contribution in [1.29, 1.82) is 0 Å². The van der Waals surface area contributed by atoms with Crippen LogP contribution in [0.1, 0.15) is 30.6 Å². The van der Waals surface area contributed by atoms with Crippen LogP contribution in [0.3, 0.4) is 0 Å². The summed E-state index contributed by atoms with van der Waals surface area (Å²) >= 11 is 0. The molecule has 2 N–H and O–H groups in total. The third-order valence-electron chi connectivity index (χ3n) is 3.75. The molecular formula is C15H25N3O3S. The zero-order chi connectivity index (χ0) is 16.8. The van der Waals surface area contributed by atoms with Crippen LogP contribution in [-0.4, -0.2) is 52.5 Å². The van der Waals surface area contributed by atoms with Crippen molar-refractivity contribution in [3.8, 4) is 0 Å². The Hall–Kier alpha value is -1.44. The number of likely N-dealkylation sites (N-methyl/N-ethyl adjacent to an activating group) is 1. The molecule has 0 saturated carbocycles. The van der Waals surface area contributed by atoms with Gasteiger partial charge in [0, 0.05) is 31.7 Å². The Labute approximate surface area is 132 Å². The molecule has 0 spiro atoms. The van der Waals surface area contributed by atoms with Gasteiger partial charge >= 0.3 is 0 Å². The first-order valence-electron chi connectivity index (χ1n) is 7.33. The number of sulfonamides is 1. The summed E-state index contributed by atoms with van der Waals surface area (Å²) in [6.45, 7) is 5.19. The van der Waals surface area contributed by atoms with Gasteiger partial charge in [0.2, 0.25) is 10.0 Å². The second-order valence-corrected chi connectivity index (χ2v) is 7.01. The molecule has 1 aromatic rings. The highest BCUT2D eigenvalue weighted by Gasteiger charge is 2.15. The lowest BCUT2D eigenvalue weighted by molar-refractivity contribution is 0.0963. The first kappa shape index (κ1) is 18.6. The van der Waals surface area contributed by atoms with Crippen molar-refractivity contribution >= 4 is 15.9 Å². The molecule has 7 heteroatoms. The minimum absolute atomic E-state index is 0.159. The lowest BCUT2D eigenvalue weighted by Crippen LogP contribution is -2.37. The molecule has 0 saturated heterocycles. The fraction of sp³-hybridized carbons (Fsp3) is 0.533. The summed E-state index contributed by atoms with van der Waals surface area (Å²) in [7, 11) is -0.0430. The number of amides is 1. The first-order valence-corrected chi connectivity index (χ1v) is 8.82. The Morgan fingerprint density at radius 3 is 2.36 bits per heavy atom. The van der Waals surface area contributed by atoms with Gasteiger partial charge in [-0.15, -0.1) is 0 Å². The number of benzene rings is 1. The second kappa shape index (κ2) is 8.26. The minimum atomic E-state index is -3.55. The van der Waals surface area contributed by atoms with E-state index in [9.17, 15) is 13.2 Å². The molecule has 0 aliphatic rings. The number of nitrogens with one attached hydrogen (secondary N) is 2. The summed E-state index contributed by atoms with van der Waals surface area (Å²) in [6.07, 6.45) is 1.02. The van der Waals surface area contributed by atoms with Gasteiger partial charge < -0.3 is 10.2 Å². The van der Waals surface area contributed by atoms with Crippen molar-refractivity contribution in [3.63, 3.8) is 0 Å². The van der Waals surface area contributed by atoms with Crippen molar-refractivity contribution in [1.82, 2.24) is 14.9 Å². The Morgan fingerprint density at radius 1 is 1.27 bits per heavy atom. The molecule has 0 radical (unpaired) electrons. The average Bonchev–Trinajstić information content (AvgIpc) is 2.53. The van der Waals surface area contributed by atoms with Crippen molar-refractivity contribution in [2.45, 2.75) is 31.2 Å². The molecule has 6 nitrogen and oxygen atoms in total. The van der Waals surface area contributed by atoms with Crippen LogP contribution in [0.5, 0.6) is 0 Å². The third kappa shape index (κ3) is 5.08. The summed E-state index contributed by atoms with van der Waals surface area (Å²) < 4.78 is 26.9. The van der Waals surface area contributed by atoms with Crippen LogP contribution in [-0.2, 0) is 10.0 Å². The zero-order valence-electron chi connectivity index (χ0n) is 13.6. The quantitative estimate of drug-likeness (QED) is 0.748. The van der Waals surface area contributed by atoms with Gasteiger partial charge in [0.1, 0.15) is 0 Å². The van der Waals surface area contributed by atoms with E-state index in [0.29, 0.717) is 24.7 Å². The maximum atomic E-state index is 12.2. The number of hydrogen-bond acceptors (Lipinski definition) is 4. The molecule has 0 aliphatic heterocycles. The molecular weight excluding hydrogens is 302 g/mol. The fourth-order valence-electron chi connectivity index (χ4n) is 1.90. The Morgan fingerprint density at radius 2 is 1.86 bits per heavy atom. The lowest BCUT2D eigenvalue weighted by Gasteiger charge is -2.23. The molecule has 22 heavy (non-hydrogen) atoms. The van der Waals surface area contributed by atoms with Crippen LogP contribution in [0.4, 0.5) is 0 Å². The normalized spacial score (nSPS) is 13.1. The number of rotatable bonds is 8. The number of nitrogens with zero attached hydrogens (tertiary/aromatic N) is 1. The van der Waals surface area contributed by atoms with Crippen LogP contribution in [0.25, 0.3) is 0 Å². The maximum Gasteiger partial charge on any atom is 0.251 e. The molecule has 1 amide bonds. The van der Waals surface area contributed by atoms with Gasteiger partial charge in [0.25, 0.3) is 5.91 Å². The van der Waals surface area contributed by atoms with E-state index in [4.69, 9.17) is 0 Å². The van der Waals surface area contributed by atoms with Crippen molar-refractivity contribution in [2.75, 3.05) is 27.2 Å². The smallest absolute Gasteiger partial charge is 0.251 e. The van der Waals surface area contributed by atoms with Gasteiger partial charge in [-0.3, -0.25) is 4.79 Å². The van der Waals surface area contributed by atoms with E-state index in [1.807, 2.05) is 7.05 Å². The highest BCUT2D eigenvalue weighted by atomic mass is 32.2. The average molecular weight is 327 g/mol. The van der Waals surface area contributed by atoms with Gasteiger partial charge in [0.15, 0.2) is 0 Å². The van der Waals surface area contributed by atoms with Crippen LogP contribution < -0.4 is 10.0 Å². The van der Waals surface area contributed by atoms with Crippen molar-refractivity contribution in [2.24, 2.45) is 0 Å². The molecule has 0 aliphatic carbocycles. The standard InChI is InChI=1S/C15H25N3O3S/c1-5-12(2)18(4)11-10-17-22(20,21)14-8-6-13(7-9-14)15(19)16-3/h6-9,12,17H,5,10-11H2,1-4H3,(H,16,19)/t12-/m0/s1. The molecule has 0 heterocycles. The first-order chi connectivity index (χ1) is 10.3. The molecule has 0 fully saturated rings. The molecule has 1 rings (SSSR count). The van der Waals surface area contributed by atoms with Crippen LogP contribution in [0.2, 0.25) is 0 Å². The van der Waals surface area contributed by atoms with Crippen molar-refractivity contribution < 1.29 is 13.2 Å². The highest BCUT2D eigenvalue weighted by molar-refractivity contribution is 7.89. The summed E-state index contributed by atoms with van der Waals surface area (Å²) in [6, 6.07) is 6.28. The Balaban J connectivity index is 2.65. The largest absolute Gasteiger partial charge is 0.355 e. The van der Waals surface area contributed by atoms with Gasteiger partial charge in [0.05, 0.1) is 4.90 Å². The molecule has 0 unspecified atom stereocenters. The van der Waals surface area contributed by atoms with E-state index < -0.39 is 10.0 Å². The predicted octanol–water partition coefficient (Wildman–Crippen LogP) is 1.05. The zero-order valence-corrected chi connectivity index (χ0v) is 14.4. The minimum Gasteiger partial charge on any atom is -0.355 e. The van der Waals surface area contributed by atoms with Gasteiger partial charge in [-0.25, -0.2) is 13.1 Å². The van der Waals surface area contributed by atoms with E-state index >= 15 is 0 Å². The lowest BCUT2D eigenvalue weighted by atomic mass is 10.2. The monoisotopic (exact) mass is 327 g/mol. The molecule has 0 bridgehead atoms. The fourth-order valence-corrected chi connectivity index (χ4v) is 2.92. The van der Waals surface area contributed by atoms with Gasteiger partial charge in [-0.1, -0.05) is 6.92 Å². The molecule has 124 valence electrons. The highest BCUT2D eigenvalue weighted by Crippen LogP contribution is 2.10. The summed E-state index contributed by atoms with van der Waals surface area (Å²) in [5.74, 6) is -0.243. The Kier molecular flexibility index (Phi) is 6.99. The molecule has 1 atom stereocenters. The Bertz CT molecular complexity index is 585. The van der Waals surface area contributed by atoms with Crippen LogP contribution in [0, 0.1) is 0 Å². The maximum absolute atomic E-state index is 12.2. The molecule has 0 aromatic heterocycles. The van der Waals surface area contributed by atoms with Crippen molar-refractivity contribution in [3.05, 3.63) is 29.8 Å². The van der Waals surface area contributed by atoms with Gasteiger partial charge in [-0.2, -0.15) is 0 Å². The predicted molar refractivity (Wildman–Crippen MR) is 87.4 cm³/mol.